The summed E-state index contributed by atoms with van der Waals surface area (Å²) in [6, 6.07) is 8.18. The molecule has 0 atom stereocenters. The van der Waals surface area contributed by atoms with Crippen LogP contribution in [-0.2, 0) is 0 Å². The number of benzene rings is 1. The number of rotatable bonds is 1. The predicted octanol–water partition coefficient (Wildman–Crippen LogP) is 4.65. The molecule has 1 heterocycles. The Hall–Kier alpha value is -1.03. The van der Waals surface area contributed by atoms with Crippen molar-refractivity contribution in [2.45, 2.75) is 52.6 Å². The molecule has 1 aromatic rings. The van der Waals surface area contributed by atoms with Crippen molar-refractivity contribution in [3.63, 3.8) is 0 Å². The molecule has 1 aromatic carbocycles. The lowest BCUT2D eigenvalue weighted by Crippen LogP contribution is -2.49. The zero-order valence-electron chi connectivity index (χ0n) is 13.9. The Morgan fingerprint density at radius 3 is 1.67 bits per heavy atom. The number of hydrogen-bond acceptors (Lipinski definition) is 1. The molecule has 0 radical (unpaired) electrons. The van der Waals surface area contributed by atoms with E-state index in [1.807, 2.05) is 12.1 Å². The molecule has 0 spiro atoms. The molecule has 1 saturated heterocycles. The molecule has 1 fully saturated rings. The minimum Gasteiger partial charge on any atom is -0.336 e. The molecule has 2 rings (SSSR count). The number of nitrogens with zero attached hydrogens (tertiary/aromatic N) is 3. The topological polar surface area (TPSA) is 18.8 Å². The van der Waals surface area contributed by atoms with Crippen LogP contribution in [0.4, 0.5) is 5.69 Å². The van der Waals surface area contributed by atoms with Gasteiger partial charge in [-0.3, -0.25) is 0 Å². The van der Waals surface area contributed by atoms with Gasteiger partial charge in [-0.1, -0.05) is 15.9 Å². The fourth-order valence-electron chi connectivity index (χ4n) is 2.57. The quantitative estimate of drug-likeness (QED) is 0.733. The lowest BCUT2D eigenvalue weighted by Gasteiger charge is -2.38. The van der Waals surface area contributed by atoms with E-state index in [1.54, 1.807) is 0 Å². The zero-order chi connectivity index (χ0) is 15.8. The van der Waals surface area contributed by atoms with Gasteiger partial charge in [-0.25, -0.2) is 4.99 Å². The minimum absolute atomic E-state index is 0.0776. The van der Waals surface area contributed by atoms with Crippen molar-refractivity contribution in [2.75, 3.05) is 13.1 Å². The zero-order valence-corrected chi connectivity index (χ0v) is 15.5. The first kappa shape index (κ1) is 16.3. The molecule has 0 unspecified atom stereocenters. The molecule has 0 N–H and O–H groups in total. The molecule has 116 valence electrons. The second kappa shape index (κ2) is 5.64. The average molecular weight is 352 g/mol. The normalized spacial score (nSPS) is 16.6. The van der Waals surface area contributed by atoms with Crippen molar-refractivity contribution in [1.82, 2.24) is 9.80 Å². The smallest absolute Gasteiger partial charge is 0.202 e. The van der Waals surface area contributed by atoms with Gasteiger partial charge in [0.15, 0.2) is 0 Å². The van der Waals surface area contributed by atoms with Crippen LogP contribution in [0.15, 0.2) is 33.7 Å². The van der Waals surface area contributed by atoms with Gasteiger partial charge in [0.25, 0.3) is 0 Å². The Morgan fingerprint density at radius 2 is 1.29 bits per heavy atom. The Morgan fingerprint density at radius 1 is 0.857 bits per heavy atom. The van der Waals surface area contributed by atoms with Crippen molar-refractivity contribution < 1.29 is 0 Å². The van der Waals surface area contributed by atoms with Crippen molar-refractivity contribution in [1.29, 1.82) is 0 Å². The predicted molar refractivity (Wildman–Crippen MR) is 94.2 cm³/mol. The maximum absolute atomic E-state index is 4.94. The molecular formula is C17H26BrN3. The highest BCUT2D eigenvalue weighted by atomic mass is 79.9. The van der Waals surface area contributed by atoms with Gasteiger partial charge in [0, 0.05) is 28.6 Å². The molecule has 0 aromatic heterocycles. The number of guanidine groups is 1. The Labute approximate surface area is 137 Å². The molecule has 21 heavy (non-hydrogen) atoms. The van der Waals surface area contributed by atoms with Crippen LogP contribution < -0.4 is 0 Å². The number of hydrogen-bond donors (Lipinski definition) is 0. The van der Waals surface area contributed by atoms with Gasteiger partial charge in [-0.2, -0.15) is 0 Å². The monoisotopic (exact) mass is 351 g/mol. The van der Waals surface area contributed by atoms with E-state index in [0.29, 0.717) is 0 Å². The van der Waals surface area contributed by atoms with Crippen LogP contribution in [0.5, 0.6) is 0 Å². The molecule has 0 amide bonds. The first-order chi connectivity index (χ1) is 9.59. The third kappa shape index (κ3) is 3.79. The van der Waals surface area contributed by atoms with Gasteiger partial charge in [-0.05, 0) is 65.8 Å². The van der Waals surface area contributed by atoms with Crippen molar-refractivity contribution in [3.05, 3.63) is 28.7 Å². The number of halogens is 1. The van der Waals surface area contributed by atoms with Gasteiger partial charge in [0.05, 0.1) is 5.69 Å². The Kier molecular flexibility index (Phi) is 4.39. The van der Waals surface area contributed by atoms with E-state index < -0.39 is 0 Å². The van der Waals surface area contributed by atoms with E-state index in [2.05, 4.69) is 79.4 Å². The lowest BCUT2D eigenvalue weighted by molar-refractivity contribution is 0.247. The highest BCUT2D eigenvalue weighted by Crippen LogP contribution is 2.28. The summed E-state index contributed by atoms with van der Waals surface area (Å²) in [5.41, 5.74) is 1.15. The van der Waals surface area contributed by atoms with Crippen LogP contribution >= 0.6 is 15.9 Å². The average Bonchev–Trinajstić information content (AvgIpc) is 2.75. The van der Waals surface area contributed by atoms with Gasteiger partial charge in [0.1, 0.15) is 0 Å². The van der Waals surface area contributed by atoms with Gasteiger partial charge in [0.2, 0.25) is 5.96 Å². The van der Waals surface area contributed by atoms with Gasteiger partial charge >= 0.3 is 0 Å². The van der Waals surface area contributed by atoms with E-state index in [-0.39, 0.29) is 11.1 Å². The summed E-state index contributed by atoms with van der Waals surface area (Å²) < 4.78 is 1.08. The van der Waals surface area contributed by atoms with Crippen LogP contribution in [0.3, 0.4) is 0 Å². The molecule has 0 bridgehead atoms. The van der Waals surface area contributed by atoms with E-state index >= 15 is 0 Å². The van der Waals surface area contributed by atoms with Gasteiger partial charge in [-0.15, -0.1) is 0 Å². The molecule has 3 nitrogen and oxygen atoms in total. The molecule has 1 aliphatic heterocycles. The fraction of sp³-hybridized carbons (Fsp3) is 0.588. The number of aliphatic imine (C=N–C) groups is 1. The second-order valence-electron chi connectivity index (χ2n) is 7.53. The highest BCUT2D eigenvalue weighted by molar-refractivity contribution is 9.10. The van der Waals surface area contributed by atoms with Crippen molar-refractivity contribution >= 4 is 27.6 Å². The molecular weight excluding hydrogens is 326 g/mol. The summed E-state index contributed by atoms with van der Waals surface area (Å²) >= 11 is 3.48. The van der Waals surface area contributed by atoms with E-state index in [1.165, 1.54) is 0 Å². The van der Waals surface area contributed by atoms with E-state index in [0.717, 1.165) is 29.2 Å². The maximum atomic E-state index is 4.94. The largest absolute Gasteiger partial charge is 0.336 e. The summed E-state index contributed by atoms with van der Waals surface area (Å²) in [6.45, 7) is 15.5. The van der Waals surface area contributed by atoms with E-state index in [4.69, 9.17) is 4.99 Å². The molecule has 1 aliphatic rings. The summed E-state index contributed by atoms with van der Waals surface area (Å²) in [4.78, 5) is 9.75. The summed E-state index contributed by atoms with van der Waals surface area (Å²) in [5.74, 6) is 1.08. The summed E-state index contributed by atoms with van der Waals surface area (Å²) in [5, 5.41) is 0. The maximum Gasteiger partial charge on any atom is 0.202 e. The van der Waals surface area contributed by atoms with Crippen LogP contribution in [0.2, 0.25) is 0 Å². The summed E-state index contributed by atoms with van der Waals surface area (Å²) in [7, 11) is 0. The van der Waals surface area contributed by atoms with Crippen LogP contribution in [0.25, 0.3) is 0 Å². The lowest BCUT2D eigenvalue weighted by atomic mass is 10.1. The molecule has 4 heteroatoms. The fourth-order valence-corrected chi connectivity index (χ4v) is 2.83. The molecule has 0 saturated carbocycles. The third-order valence-corrected chi connectivity index (χ3v) is 4.23. The standard InChI is InChI=1S/C17H26BrN3/c1-16(2,3)20-11-12-21(17(4,5)6)15(20)19-14-9-7-13(18)8-10-14/h7-10H,11-12H2,1-6H3. The minimum atomic E-state index is 0.0776. The second-order valence-corrected chi connectivity index (χ2v) is 8.45. The highest BCUT2D eigenvalue weighted by Gasteiger charge is 2.38. The van der Waals surface area contributed by atoms with Crippen LogP contribution in [-0.4, -0.2) is 39.9 Å². The van der Waals surface area contributed by atoms with E-state index in [9.17, 15) is 0 Å². The van der Waals surface area contributed by atoms with Crippen LogP contribution in [0, 0.1) is 0 Å². The van der Waals surface area contributed by atoms with Crippen LogP contribution in [0.1, 0.15) is 41.5 Å². The Balaban J connectivity index is 2.43. The first-order valence-electron chi connectivity index (χ1n) is 7.48. The third-order valence-electron chi connectivity index (χ3n) is 3.71. The molecule has 0 aliphatic carbocycles. The first-order valence-corrected chi connectivity index (χ1v) is 8.28. The van der Waals surface area contributed by atoms with Crippen molar-refractivity contribution in [2.24, 2.45) is 4.99 Å². The van der Waals surface area contributed by atoms with Crippen molar-refractivity contribution in [3.8, 4) is 0 Å². The Bertz CT molecular complexity index is 496. The van der Waals surface area contributed by atoms with Gasteiger partial charge < -0.3 is 9.80 Å². The SMILES string of the molecule is CC(C)(C)N1CCN(C(C)(C)C)C1=Nc1ccc(Br)cc1. The summed E-state index contributed by atoms with van der Waals surface area (Å²) in [6.07, 6.45) is 0.